The molecule has 0 saturated carbocycles. The second-order valence-corrected chi connectivity index (χ2v) is 6.19. The highest BCUT2D eigenvalue weighted by Crippen LogP contribution is 2.22. The molecule has 1 heterocycles. The average Bonchev–Trinajstić information content (AvgIpc) is 3.03. The number of likely N-dealkylation sites (tertiary alicyclic amines) is 1. The highest BCUT2D eigenvalue weighted by molar-refractivity contribution is 5.86. The molecule has 0 aliphatic carbocycles. The first-order valence-corrected chi connectivity index (χ1v) is 8.09. The Morgan fingerprint density at radius 1 is 1.21 bits per heavy atom. The number of nitrogens with zero attached hydrogens (tertiary/aromatic N) is 1. The Morgan fingerprint density at radius 2 is 1.88 bits per heavy atom. The van der Waals surface area contributed by atoms with Crippen LogP contribution in [0.25, 0.3) is 0 Å². The molecule has 0 unspecified atom stereocenters. The van der Waals surface area contributed by atoms with E-state index in [0.29, 0.717) is 24.6 Å². The molecule has 0 bridgehead atoms. The van der Waals surface area contributed by atoms with Crippen molar-refractivity contribution in [3.63, 3.8) is 0 Å². The third-order valence-corrected chi connectivity index (χ3v) is 4.30. The minimum absolute atomic E-state index is 0.120. The lowest BCUT2D eigenvalue weighted by Gasteiger charge is -2.22. The second kappa shape index (κ2) is 8.15. The largest absolute Gasteiger partial charge is 0.484 e. The van der Waals surface area contributed by atoms with Crippen LogP contribution in [-0.4, -0.2) is 56.3 Å². The normalized spacial score (nSPS) is 20.3. The van der Waals surface area contributed by atoms with E-state index in [9.17, 15) is 9.59 Å². The number of carbonyl (C=O) groups is 2. The zero-order chi connectivity index (χ0) is 17.7. The Hall–Kier alpha value is -2.08. The van der Waals surface area contributed by atoms with Crippen LogP contribution in [0.15, 0.2) is 24.3 Å². The van der Waals surface area contributed by atoms with Crippen molar-refractivity contribution in [3.05, 3.63) is 29.8 Å². The van der Waals surface area contributed by atoms with Crippen molar-refractivity contribution in [2.75, 3.05) is 27.4 Å². The minimum atomic E-state index is -0.612. The van der Waals surface area contributed by atoms with E-state index in [1.165, 1.54) is 17.6 Å². The predicted molar refractivity (Wildman–Crippen MR) is 89.0 cm³/mol. The van der Waals surface area contributed by atoms with Gasteiger partial charge in [-0.2, -0.15) is 0 Å². The maximum atomic E-state index is 12.4. The highest BCUT2D eigenvalue weighted by Gasteiger charge is 2.40. The molecular formula is C18H25NO5. The zero-order valence-corrected chi connectivity index (χ0v) is 14.7. The van der Waals surface area contributed by atoms with Gasteiger partial charge in [0.15, 0.2) is 6.61 Å². The summed E-state index contributed by atoms with van der Waals surface area (Å²) in [7, 11) is 2.89. The lowest BCUT2D eigenvalue weighted by molar-refractivity contribution is -0.151. The van der Waals surface area contributed by atoms with Crippen molar-refractivity contribution in [2.45, 2.75) is 38.3 Å². The summed E-state index contributed by atoms with van der Waals surface area (Å²) >= 11 is 0. The van der Waals surface area contributed by atoms with Crippen molar-refractivity contribution in [3.8, 4) is 5.75 Å². The van der Waals surface area contributed by atoms with E-state index >= 15 is 0 Å². The van der Waals surface area contributed by atoms with Gasteiger partial charge >= 0.3 is 5.97 Å². The molecule has 2 atom stereocenters. The number of esters is 1. The number of hydrogen-bond donors (Lipinski definition) is 0. The SMILES string of the molecule is COC(=O)[C@@H]1C[C@H](OC)CN1C(=O)COc1ccc(C(C)C)cc1. The molecule has 0 radical (unpaired) electrons. The van der Waals surface area contributed by atoms with E-state index in [2.05, 4.69) is 13.8 Å². The van der Waals surface area contributed by atoms with E-state index in [4.69, 9.17) is 14.2 Å². The minimum Gasteiger partial charge on any atom is -0.484 e. The van der Waals surface area contributed by atoms with E-state index in [0.717, 1.165) is 0 Å². The summed E-state index contributed by atoms with van der Waals surface area (Å²) in [6.45, 7) is 4.48. The van der Waals surface area contributed by atoms with Crippen LogP contribution in [0.2, 0.25) is 0 Å². The van der Waals surface area contributed by atoms with Crippen molar-refractivity contribution >= 4 is 11.9 Å². The fraction of sp³-hybridized carbons (Fsp3) is 0.556. The van der Waals surface area contributed by atoms with Crippen LogP contribution in [0.4, 0.5) is 0 Å². The topological polar surface area (TPSA) is 65.1 Å². The van der Waals surface area contributed by atoms with E-state index < -0.39 is 12.0 Å². The summed E-state index contributed by atoms with van der Waals surface area (Å²) < 4.78 is 15.6. The van der Waals surface area contributed by atoms with E-state index in [-0.39, 0.29) is 18.6 Å². The molecule has 1 aromatic rings. The van der Waals surface area contributed by atoms with Gasteiger partial charge in [-0.3, -0.25) is 4.79 Å². The van der Waals surface area contributed by atoms with Crippen molar-refractivity contribution in [1.29, 1.82) is 0 Å². The van der Waals surface area contributed by atoms with E-state index in [1.807, 2.05) is 24.3 Å². The van der Waals surface area contributed by atoms with Crippen LogP contribution in [0.3, 0.4) is 0 Å². The number of ether oxygens (including phenoxy) is 3. The fourth-order valence-electron chi connectivity index (χ4n) is 2.78. The summed E-state index contributed by atoms with van der Waals surface area (Å²) in [6.07, 6.45) is 0.279. The number of methoxy groups -OCH3 is 2. The number of amides is 1. The monoisotopic (exact) mass is 335 g/mol. The maximum Gasteiger partial charge on any atom is 0.328 e. The Kier molecular flexibility index (Phi) is 6.20. The van der Waals surface area contributed by atoms with Gasteiger partial charge in [-0.15, -0.1) is 0 Å². The van der Waals surface area contributed by atoms with Crippen molar-refractivity contribution < 1.29 is 23.8 Å². The third kappa shape index (κ3) is 4.26. The molecule has 1 amide bonds. The number of carbonyl (C=O) groups excluding carboxylic acids is 2. The lowest BCUT2D eigenvalue weighted by Crippen LogP contribution is -2.43. The van der Waals surface area contributed by atoms with Crippen LogP contribution in [0, 0.1) is 0 Å². The van der Waals surface area contributed by atoms with Gasteiger partial charge in [0.2, 0.25) is 0 Å². The van der Waals surface area contributed by atoms with Crippen LogP contribution < -0.4 is 4.74 Å². The molecule has 6 nitrogen and oxygen atoms in total. The quantitative estimate of drug-likeness (QED) is 0.744. The van der Waals surface area contributed by atoms with Crippen LogP contribution in [-0.2, 0) is 19.1 Å². The highest BCUT2D eigenvalue weighted by atomic mass is 16.5. The van der Waals surface area contributed by atoms with E-state index in [1.54, 1.807) is 7.11 Å². The number of benzene rings is 1. The Labute approximate surface area is 142 Å². The lowest BCUT2D eigenvalue weighted by atomic mass is 10.0. The van der Waals surface area contributed by atoms with Gasteiger partial charge in [-0.05, 0) is 23.6 Å². The molecule has 6 heteroatoms. The maximum absolute atomic E-state index is 12.4. The molecule has 2 rings (SSSR count). The molecule has 1 fully saturated rings. The van der Waals surface area contributed by atoms with Crippen LogP contribution in [0.5, 0.6) is 5.75 Å². The first-order chi connectivity index (χ1) is 11.5. The van der Waals surface area contributed by atoms with Gasteiger partial charge in [0, 0.05) is 20.1 Å². The zero-order valence-electron chi connectivity index (χ0n) is 14.7. The first-order valence-electron chi connectivity index (χ1n) is 8.09. The van der Waals surface area contributed by atoms with Crippen molar-refractivity contribution in [1.82, 2.24) is 4.90 Å². The first kappa shape index (κ1) is 18.3. The van der Waals surface area contributed by atoms with Gasteiger partial charge in [-0.1, -0.05) is 26.0 Å². The molecule has 1 aliphatic rings. The summed E-state index contributed by atoms with van der Waals surface area (Å²) in [6, 6.07) is 7.06. The second-order valence-electron chi connectivity index (χ2n) is 6.19. The molecule has 1 aliphatic heterocycles. The standard InChI is InChI=1S/C18H25NO5/c1-12(2)13-5-7-14(8-6-13)24-11-17(20)19-10-15(22-3)9-16(19)18(21)23-4/h5-8,12,15-16H,9-11H2,1-4H3/t15-,16-/m0/s1. The van der Waals surface area contributed by atoms with Gasteiger partial charge in [0.1, 0.15) is 11.8 Å². The molecular weight excluding hydrogens is 310 g/mol. The molecule has 1 aromatic carbocycles. The fourth-order valence-corrected chi connectivity index (χ4v) is 2.78. The van der Waals surface area contributed by atoms with Gasteiger partial charge in [0.05, 0.1) is 13.2 Å². The number of hydrogen-bond acceptors (Lipinski definition) is 5. The van der Waals surface area contributed by atoms with Crippen molar-refractivity contribution in [2.24, 2.45) is 0 Å². The molecule has 0 N–H and O–H groups in total. The Balaban J connectivity index is 1.96. The molecule has 1 saturated heterocycles. The smallest absolute Gasteiger partial charge is 0.328 e. The van der Waals surface area contributed by atoms with Gasteiger partial charge in [-0.25, -0.2) is 4.79 Å². The molecule has 0 spiro atoms. The van der Waals surface area contributed by atoms with Crippen LogP contribution in [0.1, 0.15) is 31.7 Å². The van der Waals surface area contributed by atoms with Gasteiger partial charge in [0.25, 0.3) is 5.91 Å². The average molecular weight is 335 g/mol. The summed E-state index contributed by atoms with van der Waals surface area (Å²) in [4.78, 5) is 25.8. The van der Waals surface area contributed by atoms with Gasteiger partial charge < -0.3 is 19.1 Å². The Morgan fingerprint density at radius 3 is 2.42 bits per heavy atom. The molecule has 24 heavy (non-hydrogen) atoms. The number of rotatable bonds is 6. The summed E-state index contributed by atoms with van der Waals surface area (Å²) in [5.41, 5.74) is 1.21. The Bertz CT molecular complexity index is 569. The molecule has 0 aromatic heterocycles. The predicted octanol–water partition coefficient (Wildman–Crippen LogP) is 1.98. The van der Waals surface area contributed by atoms with Crippen LogP contribution >= 0.6 is 0 Å². The molecule has 132 valence electrons. The summed E-state index contributed by atoms with van der Waals surface area (Å²) in [5.74, 6) is 0.393. The third-order valence-electron chi connectivity index (χ3n) is 4.30. The summed E-state index contributed by atoms with van der Waals surface area (Å²) in [5, 5.41) is 0.